The summed E-state index contributed by atoms with van der Waals surface area (Å²) in [6.45, 7) is 4.56. The van der Waals surface area contributed by atoms with Crippen LogP contribution in [-0.4, -0.2) is 56.6 Å². The highest BCUT2D eigenvalue weighted by atomic mass is 19.1. The number of rotatable bonds is 8. The number of piperazine rings is 1. The summed E-state index contributed by atoms with van der Waals surface area (Å²) in [5.41, 5.74) is 1.64. The molecule has 9 nitrogen and oxygen atoms in total. The number of hydrogen-bond acceptors (Lipinski definition) is 7. The molecule has 0 aliphatic carbocycles. The van der Waals surface area contributed by atoms with Crippen LogP contribution in [0.1, 0.15) is 27.2 Å². The Hall–Kier alpha value is -4.57. The molecule has 5 rings (SSSR count). The van der Waals surface area contributed by atoms with E-state index < -0.39 is 17.2 Å². The van der Waals surface area contributed by atoms with E-state index in [1.165, 1.54) is 23.0 Å². The monoisotopic (exact) mass is 528 g/mol. The number of anilines is 1. The SMILES string of the molecule is O=C(NCc1ccc(F)cc1)c1ncn(Cc2ccccc2CN2CCN(c3ccccn3)CC2)c(=O)c1O. The van der Waals surface area contributed by atoms with Crippen LogP contribution in [0, 0.1) is 5.82 Å². The number of pyridine rings is 1. The molecule has 2 aromatic carbocycles. The summed E-state index contributed by atoms with van der Waals surface area (Å²) >= 11 is 0. The topological polar surface area (TPSA) is 104 Å². The minimum absolute atomic E-state index is 0.104. The minimum atomic E-state index is -0.711. The van der Waals surface area contributed by atoms with Gasteiger partial charge in [0.25, 0.3) is 11.5 Å². The third-order valence-corrected chi connectivity index (χ3v) is 6.79. The zero-order chi connectivity index (χ0) is 27.2. The summed E-state index contributed by atoms with van der Waals surface area (Å²) in [6.07, 6.45) is 3.08. The average molecular weight is 529 g/mol. The van der Waals surface area contributed by atoms with Crippen LogP contribution in [0.2, 0.25) is 0 Å². The van der Waals surface area contributed by atoms with Crippen LogP contribution in [-0.2, 0) is 19.6 Å². The van der Waals surface area contributed by atoms with Gasteiger partial charge in [-0.3, -0.25) is 19.1 Å². The zero-order valence-electron chi connectivity index (χ0n) is 21.3. The van der Waals surface area contributed by atoms with Gasteiger partial charge in [0.15, 0.2) is 5.69 Å². The minimum Gasteiger partial charge on any atom is -0.501 e. The lowest BCUT2D eigenvalue weighted by atomic mass is 10.1. The molecule has 0 unspecified atom stereocenters. The third kappa shape index (κ3) is 6.29. The average Bonchev–Trinajstić information content (AvgIpc) is 2.97. The zero-order valence-corrected chi connectivity index (χ0v) is 21.3. The molecule has 39 heavy (non-hydrogen) atoms. The molecule has 0 saturated carbocycles. The molecule has 0 radical (unpaired) electrons. The van der Waals surface area contributed by atoms with Crippen molar-refractivity contribution in [2.75, 3.05) is 31.1 Å². The van der Waals surface area contributed by atoms with Crippen LogP contribution in [0.15, 0.2) is 84.0 Å². The highest BCUT2D eigenvalue weighted by Crippen LogP contribution is 2.18. The first kappa shape index (κ1) is 26.1. The fourth-order valence-corrected chi connectivity index (χ4v) is 4.59. The van der Waals surface area contributed by atoms with E-state index in [1.54, 1.807) is 18.3 Å². The maximum atomic E-state index is 13.1. The second-order valence-electron chi connectivity index (χ2n) is 9.40. The Kier molecular flexibility index (Phi) is 7.93. The Labute approximate surface area is 225 Å². The molecule has 4 aromatic rings. The van der Waals surface area contributed by atoms with Crippen LogP contribution in [0.25, 0.3) is 0 Å². The van der Waals surface area contributed by atoms with Crippen molar-refractivity contribution < 1.29 is 14.3 Å². The van der Waals surface area contributed by atoms with Gasteiger partial charge in [0.1, 0.15) is 11.6 Å². The molecule has 0 atom stereocenters. The molecule has 1 aliphatic heterocycles. The van der Waals surface area contributed by atoms with E-state index in [9.17, 15) is 19.1 Å². The van der Waals surface area contributed by atoms with Gasteiger partial charge < -0.3 is 15.3 Å². The standard InChI is InChI=1S/C29H29FN6O3/c30-24-10-8-21(9-11-24)17-32-28(38)26-27(37)29(39)36(20-33-26)19-23-6-2-1-5-22(23)18-34-13-15-35(16-14-34)25-7-3-4-12-31-25/h1-12,20,37H,13-19H2,(H,32,38). The van der Waals surface area contributed by atoms with Gasteiger partial charge in [-0.1, -0.05) is 42.5 Å². The molecule has 2 aromatic heterocycles. The molecule has 1 fully saturated rings. The second-order valence-corrected chi connectivity index (χ2v) is 9.40. The van der Waals surface area contributed by atoms with E-state index in [0.717, 1.165) is 49.7 Å². The van der Waals surface area contributed by atoms with Crippen LogP contribution in [0.5, 0.6) is 5.75 Å². The van der Waals surface area contributed by atoms with Crippen molar-refractivity contribution in [1.29, 1.82) is 0 Å². The first-order chi connectivity index (χ1) is 19.0. The van der Waals surface area contributed by atoms with Gasteiger partial charge in [0.2, 0.25) is 5.75 Å². The molecule has 1 amide bonds. The maximum absolute atomic E-state index is 13.1. The number of carbonyl (C=O) groups excluding carboxylic acids is 1. The highest BCUT2D eigenvalue weighted by molar-refractivity contribution is 5.94. The molecular formula is C29H29FN6O3. The first-order valence-electron chi connectivity index (χ1n) is 12.7. The van der Waals surface area contributed by atoms with Crippen molar-refractivity contribution in [3.8, 4) is 5.75 Å². The van der Waals surface area contributed by atoms with E-state index >= 15 is 0 Å². The van der Waals surface area contributed by atoms with Crippen LogP contribution < -0.4 is 15.8 Å². The van der Waals surface area contributed by atoms with Crippen molar-refractivity contribution in [2.45, 2.75) is 19.6 Å². The highest BCUT2D eigenvalue weighted by Gasteiger charge is 2.20. The molecule has 0 bridgehead atoms. The van der Waals surface area contributed by atoms with Gasteiger partial charge in [-0.15, -0.1) is 0 Å². The first-order valence-corrected chi connectivity index (χ1v) is 12.7. The second kappa shape index (κ2) is 11.9. The molecular weight excluding hydrogens is 499 g/mol. The fourth-order valence-electron chi connectivity index (χ4n) is 4.59. The van der Waals surface area contributed by atoms with Crippen LogP contribution in [0.3, 0.4) is 0 Å². The predicted molar refractivity (Wildman–Crippen MR) is 145 cm³/mol. The molecule has 10 heteroatoms. The quantitative estimate of drug-likeness (QED) is 0.363. The number of aromatic nitrogens is 3. The lowest BCUT2D eigenvalue weighted by molar-refractivity contribution is 0.0942. The van der Waals surface area contributed by atoms with Gasteiger partial charge in [-0.2, -0.15) is 0 Å². The van der Waals surface area contributed by atoms with Crippen molar-refractivity contribution in [3.63, 3.8) is 0 Å². The fraction of sp³-hybridized carbons (Fsp3) is 0.241. The van der Waals surface area contributed by atoms with E-state index in [1.807, 2.05) is 42.5 Å². The van der Waals surface area contributed by atoms with Crippen molar-refractivity contribution in [1.82, 2.24) is 24.8 Å². The largest absolute Gasteiger partial charge is 0.501 e. The van der Waals surface area contributed by atoms with Crippen molar-refractivity contribution in [2.24, 2.45) is 0 Å². The summed E-state index contributed by atoms with van der Waals surface area (Å²) in [5.74, 6) is -0.793. The molecule has 0 spiro atoms. The van der Waals surface area contributed by atoms with Gasteiger partial charge in [-0.05, 0) is 41.0 Å². The molecule has 200 valence electrons. The number of benzene rings is 2. The Morgan fingerprint density at radius 3 is 2.28 bits per heavy atom. The van der Waals surface area contributed by atoms with Gasteiger partial charge >= 0.3 is 0 Å². The van der Waals surface area contributed by atoms with Gasteiger partial charge in [0.05, 0.1) is 12.9 Å². The number of halogens is 1. The Morgan fingerprint density at radius 2 is 1.59 bits per heavy atom. The van der Waals surface area contributed by atoms with Gasteiger partial charge in [0, 0.05) is 45.5 Å². The predicted octanol–water partition coefficient (Wildman–Crippen LogP) is 2.78. The molecule has 3 heterocycles. The lowest BCUT2D eigenvalue weighted by Gasteiger charge is -2.35. The molecule has 1 aliphatic rings. The lowest BCUT2D eigenvalue weighted by Crippen LogP contribution is -2.46. The van der Waals surface area contributed by atoms with E-state index in [4.69, 9.17) is 0 Å². The number of hydrogen-bond donors (Lipinski definition) is 2. The number of nitrogens with zero attached hydrogens (tertiary/aromatic N) is 5. The summed E-state index contributed by atoms with van der Waals surface area (Å²) in [4.78, 5) is 38.6. The Morgan fingerprint density at radius 1 is 0.897 bits per heavy atom. The number of amides is 1. The van der Waals surface area contributed by atoms with E-state index in [0.29, 0.717) is 5.56 Å². The summed E-state index contributed by atoms with van der Waals surface area (Å²) in [7, 11) is 0. The van der Waals surface area contributed by atoms with E-state index in [2.05, 4.69) is 25.1 Å². The summed E-state index contributed by atoms with van der Waals surface area (Å²) < 4.78 is 14.4. The van der Waals surface area contributed by atoms with Crippen LogP contribution in [0.4, 0.5) is 10.2 Å². The third-order valence-electron chi connectivity index (χ3n) is 6.79. The van der Waals surface area contributed by atoms with Crippen LogP contribution >= 0.6 is 0 Å². The molecule has 2 N–H and O–H groups in total. The van der Waals surface area contributed by atoms with Crippen molar-refractivity contribution >= 4 is 11.7 Å². The Bertz CT molecular complexity index is 1490. The van der Waals surface area contributed by atoms with Gasteiger partial charge in [-0.25, -0.2) is 14.4 Å². The summed E-state index contributed by atoms with van der Waals surface area (Å²) in [5, 5.41) is 13.1. The number of carbonyl (C=O) groups is 1. The molecule has 1 saturated heterocycles. The Balaban J connectivity index is 1.23. The normalized spacial score (nSPS) is 13.8. The smallest absolute Gasteiger partial charge is 0.296 e. The summed E-state index contributed by atoms with van der Waals surface area (Å²) in [6, 6.07) is 19.5. The van der Waals surface area contributed by atoms with Crippen molar-refractivity contribution in [3.05, 3.63) is 118 Å². The maximum Gasteiger partial charge on any atom is 0.296 e. The number of nitrogens with one attached hydrogen (secondary N) is 1. The van der Waals surface area contributed by atoms with E-state index in [-0.39, 0.29) is 24.6 Å². The number of aromatic hydroxyl groups is 1.